The van der Waals surface area contributed by atoms with Crippen LogP contribution in [0.1, 0.15) is 18.7 Å². The van der Waals surface area contributed by atoms with Gasteiger partial charge < -0.3 is 9.47 Å². The van der Waals surface area contributed by atoms with E-state index in [0.29, 0.717) is 6.54 Å². The van der Waals surface area contributed by atoms with Gasteiger partial charge in [-0.15, -0.1) is 0 Å². The zero-order chi connectivity index (χ0) is 15.5. The third kappa shape index (κ3) is 2.72. The molecule has 0 saturated heterocycles. The number of hydrogen-bond donors (Lipinski definition) is 0. The topological polar surface area (TPSA) is 38.1 Å². The second-order valence-corrected chi connectivity index (χ2v) is 5.44. The Balaban J connectivity index is 1.76. The van der Waals surface area contributed by atoms with E-state index in [1.807, 2.05) is 67.2 Å². The molecule has 0 aliphatic carbocycles. The minimum atomic E-state index is -0.0458. The maximum absolute atomic E-state index is 12.5. The van der Waals surface area contributed by atoms with Gasteiger partial charge in [0.15, 0.2) is 0 Å². The highest BCUT2D eigenvalue weighted by molar-refractivity contribution is 5.83. The number of rotatable bonds is 4. The number of likely N-dealkylation sites (N-methyl/N-ethyl adjacent to an activating group) is 1. The van der Waals surface area contributed by atoms with Crippen LogP contribution in [-0.4, -0.2) is 27.4 Å². The van der Waals surface area contributed by atoms with Crippen LogP contribution in [0.25, 0.3) is 10.9 Å². The summed E-state index contributed by atoms with van der Waals surface area (Å²) in [6, 6.07) is 15.8. The van der Waals surface area contributed by atoms with Crippen molar-refractivity contribution in [2.24, 2.45) is 0 Å². The number of nitrogens with zero attached hydrogens (tertiary/aromatic N) is 3. The minimum absolute atomic E-state index is 0.0458. The van der Waals surface area contributed by atoms with Gasteiger partial charge in [-0.1, -0.05) is 24.3 Å². The summed E-state index contributed by atoms with van der Waals surface area (Å²) in [6.45, 7) is 2.33. The number of carbonyl (C=O) groups excluding carboxylic acids is 1. The van der Waals surface area contributed by atoms with Crippen LogP contribution in [0.2, 0.25) is 0 Å². The highest BCUT2D eigenvalue weighted by atomic mass is 16.2. The maximum atomic E-state index is 12.5. The fraction of sp³-hybridized carbons (Fsp3) is 0.222. The lowest BCUT2D eigenvalue weighted by Crippen LogP contribution is -2.32. The maximum Gasteiger partial charge on any atom is 0.242 e. The molecule has 1 unspecified atom stereocenters. The van der Waals surface area contributed by atoms with Crippen LogP contribution in [0.15, 0.2) is 60.9 Å². The second-order valence-electron chi connectivity index (χ2n) is 5.44. The van der Waals surface area contributed by atoms with Crippen molar-refractivity contribution < 1.29 is 4.79 Å². The van der Waals surface area contributed by atoms with E-state index < -0.39 is 0 Å². The molecule has 0 saturated carbocycles. The van der Waals surface area contributed by atoms with Crippen LogP contribution in [0, 0.1) is 0 Å². The van der Waals surface area contributed by atoms with Crippen LogP contribution in [-0.2, 0) is 11.3 Å². The van der Waals surface area contributed by atoms with Crippen molar-refractivity contribution in [3.05, 3.63) is 66.6 Å². The first kappa shape index (κ1) is 14.3. The Labute approximate surface area is 130 Å². The third-order valence-corrected chi connectivity index (χ3v) is 4.08. The zero-order valence-electron chi connectivity index (χ0n) is 12.8. The predicted molar refractivity (Wildman–Crippen MR) is 87.4 cm³/mol. The summed E-state index contributed by atoms with van der Waals surface area (Å²) in [5, 5.41) is 1.15. The average molecular weight is 293 g/mol. The van der Waals surface area contributed by atoms with Crippen LogP contribution < -0.4 is 0 Å². The summed E-state index contributed by atoms with van der Waals surface area (Å²) >= 11 is 0. The Morgan fingerprint density at radius 3 is 2.73 bits per heavy atom. The number of amides is 1. The van der Waals surface area contributed by atoms with Gasteiger partial charge in [-0.25, -0.2) is 0 Å². The summed E-state index contributed by atoms with van der Waals surface area (Å²) in [5.41, 5.74) is 1.98. The number of hydrogen-bond acceptors (Lipinski definition) is 2. The van der Waals surface area contributed by atoms with Gasteiger partial charge in [0.05, 0.1) is 11.7 Å². The summed E-state index contributed by atoms with van der Waals surface area (Å²) in [5.74, 6) is 0.0690. The Hall–Kier alpha value is -2.62. The molecule has 0 aliphatic heterocycles. The smallest absolute Gasteiger partial charge is 0.242 e. The minimum Gasteiger partial charge on any atom is -0.338 e. The standard InChI is InChI=1S/C18H19N3O/c1-14(16-8-5-6-11-19-16)20(2)18(22)13-21-12-10-15-7-3-4-9-17(15)21/h3-12,14H,13H2,1-2H3. The largest absolute Gasteiger partial charge is 0.338 e. The summed E-state index contributed by atoms with van der Waals surface area (Å²) in [6.07, 6.45) is 3.71. The van der Waals surface area contributed by atoms with E-state index in [1.165, 1.54) is 0 Å². The third-order valence-electron chi connectivity index (χ3n) is 4.08. The lowest BCUT2D eigenvalue weighted by atomic mass is 10.2. The molecule has 3 rings (SSSR count). The monoisotopic (exact) mass is 293 g/mol. The summed E-state index contributed by atoms with van der Waals surface area (Å²) in [4.78, 5) is 18.6. The van der Waals surface area contributed by atoms with E-state index in [9.17, 15) is 4.79 Å². The van der Waals surface area contributed by atoms with Gasteiger partial charge in [0.2, 0.25) is 5.91 Å². The van der Waals surface area contributed by atoms with Gasteiger partial charge in [0.25, 0.3) is 0 Å². The van der Waals surface area contributed by atoms with Crippen molar-refractivity contribution in [1.82, 2.24) is 14.5 Å². The molecule has 2 heterocycles. The fourth-order valence-corrected chi connectivity index (χ4v) is 2.57. The molecule has 0 N–H and O–H groups in total. The highest BCUT2D eigenvalue weighted by Crippen LogP contribution is 2.18. The number of pyridine rings is 1. The van der Waals surface area contributed by atoms with Crippen LogP contribution in [0.4, 0.5) is 0 Å². The Morgan fingerprint density at radius 2 is 1.95 bits per heavy atom. The van der Waals surface area contributed by atoms with Gasteiger partial charge in [0.1, 0.15) is 6.54 Å². The molecular formula is C18H19N3O. The predicted octanol–water partition coefficient (Wildman–Crippen LogP) is 3.26. The molecule has 0 radical (unpaired) electrons. The number of aromatic nitrogens is 2. The molecule has 4 heteroatoms. The van der Waals surface area contributed by atoms with Crippen molar-refractivity contribution in [3.8, 4) is 0 Å². The first-order chi connectivity index (χ1) is 10.7. The van der Waals surface area contributed by atoms with Gasteiger partial charge in [-0.3, -0.25) is 9.78 Å². The van der Waals surface area contributed by atoms with Gasteiger partial charge in [-0.2, -0.15) is 0 Å². The SMILES string of the molecule is CC(c1ccccn1)N(C)C(=O)Cn1ccc2ccccc21. The zero-order valence-corrected chi connectivity index (χ0v) is 12.8. The molecule has 0 aliphatic rings. The first-order valence-corrected chi connectivity index (χ1v) is 7.37. The van der Waals surface area contributed by atoms with Gasteiger partial charge >= 0.3 is 0 Å². The normalized spacial score (nSPS) is 12.3. The summed E-state index contributed by atoms with van der Waals surface area (Å²) in [7, 11) is 1.83. The Bertz CT molecular complexity index is 779. The average Bonchev–Trinajstić information content (AvgIpc) is 2.97. The van der Waals surface area contributed by atoms with E-state index in [1.54, 1.807) is 11.1 Å². The van der Waals surface area contributed by atoms with Gasteiger partial charge in [0, 0.05) is 25.0 Å². The van der Waals surface area contributed by atoms with E-state index in [-0.39, 0.29) is 11.9 Å². The van der Waals surface area contributed by atoms with Crippen LogP contribution in [0.5, 0.6) is 0 Å². The Morgan fingerprint density at radius 1 is 1.18 bits per heavy atom. The van der Waals surface area contributed by atoms with E-state index in [4.69, 9.17) is 0 Å². The molecule has 3 aromatic rings. The first-order valence-electron chi connectivity index (χ1n) is 7.37. The molecule has 0 fully saturated rings. The molecule has 0 bridgehead atoms. The molecule has 1 atom stereocenters. The van der Waals surface area contributed by atoms with Gasteiger partial charge in [-0.05, 0) is 36.6 Å². The quantitative estimate of drug-likeness (QED) is 0.740. The molecule has 4 nitrogen and oxygen atoms in total. The van der Waals surface area contributed by atoms with Crippen molar-refractivity contribution in [1.29, 1.82) is 0 Å². The van der Waals surface area contributed by atoms with E-state index in [2.05, 4.69) is 11.1 Å². The second kappa shape index (κ2) is 6.02. The molecule has 2 aromatic heterocycles. The van der Waals surface area contributed by atoms with E-state index in [0.717, 1.165) is 16.6 Å². The lowest BCUT2D eigenvalue weighted by molar-refractivity contribution is -0.132. The number of benzene rings is 1. The van der Waals surface area contributed by atoms with Crippen LogP contribution >= 0.6 is 0 Å². The molecule has 1 aromatic carbocycles. The van der Waals surface area contributed by atoms with Crippen molar-refractivity contribution in [2.45, 2.75) is 19.5 Å². The van der Waals surface area contributed by atoms with E-state index >= 15 is 0 Å². The highest BCUT2D eigenvalue weighted by Gasteiger charge is 2.18. The molecule has 22 heavy (non-hydrogen) atoms. The van der Waals surface area contributed by atoms with Crippen LogP contribution in [0.3, 0.4) is 0 Å². The number of fused-ring (bicyclic) bond motifs is 1. The van der Waals surface area contributed by atoms with Crippen molar-refractivity contribution in [2.75, 3.05) is 7.05 Å². The number of carbonyl (C=O) groups is 1. The molecule has 0 spiro atoms. The number of para-hydroxylation sites is 1. The van der Waals surface area contributed by atoms with Crippen molar-refractivity contribution >= 4 is 16.8 Å². The molecular weight excluding hydrogens is 274 g/mol. The fourth-order valence-electron chi connectivity index (χ4n) is 2.57. The Kier molecular flexibility index (Phi) is 3.92. The lowest BCUT2D eigenvalue weighted by Gasteiger charge is -2.25. The molecule has 1 amide bonds. The summed E-state index contributed by atoms with van der Waals surface area (Å²) < 4.78 is 1.99. The molecule has 112 valence electrons. The van der Waals surface area contributed by atoms with Crippen molar-refractivity contribution in [3.63, 3.8) is 0 Å².